The summed E-state index contributed by atoms with van der Waals surface area (Å²) in [7, 11) is 0. The summed E-state index contributed by atoms with van der Waals surface area (Å²) in [5.74, 6) is 0.937. The molecule has 0 bridgehead atoms. The molecule has 25 heavy (non-hydrogen) atoms. The minimum absolute atomic E-state index is 0.139. The van der Waals surface area contributed by atoms with E-state index in [0.717, 1.165) is 34.7 Å². The third-order valence-electron chi connectivity index (χ3n) is 4.64. The molecular formula is C21H21N3O. The van der Waals surface area contributed by atoms with Gasteiger partial charge in [-0.25, -0.2) is 0 Å². The zero-order valence-corrected chi connectivity index (χ0v) is 14.1. The molecule has 0 N–H and O–H groups in total. The zero-order valence-electron chi connectivity index (χ0n) is 14.1. The van der Waals surface area contributed by atoms with Crippen molar-refractivity contribution in [2.75, 3.05) is 19.6 Å². The lowest BCUT2D eigenvalue weighted by molar-refractivity contribution is -0.113. The maximum absolute atomic E-state index is 13.0. The van der Waals surface area contributed by atoms with Crippen molar-refractivity contribution in [1.82, 2.24) is 14.9 Å². The van der Waals surface area contributed by atoms with Crippen LogP contribution in [0.4, 0.5) is 0 Å². The van der Waals surface area contributed by atoms with E-state index in [1.165, 1.54) is 12.8 Å². The normalized spacial score (nSPS) is 21.8. The first-order valence-corrected chi connectivity index (χ1v) is 8.76. The smallest absolute Gasteiger partial charge is 0.187 e. The van der Waals surface area contributed by atoms with E-state index in [-0.39, 0.29) is 5.78 Å². The summed E-state index contributed by atoms with van der Waals surface area (Å²) >= 11 is 0. The molecule has 1 saturated heterocycles. The van der Waals surface area contributed by atoms with Crippen molar-refractivity contribution in [2.24, 2.45) is 5.92 Å². The van der Waals surface area contributed by atoms with E-state index in [1.54, 1.807) is 24.8 Å². The van der Waals surface area contributed by atoms with Gasteiger partial charge in [0, 0.05) is 55.6 Å². The van der Waals surface area contributed by atoms with Crippen LogP contribution in [-0.2, 0) is 4.79 Å². The van der Waals surface area contributed by atoms with E-state index in [1.807, 2.05) is 36.4 Å². The van der Waals surface area contributed by atoms with Crippen LogP contribution in [0.2, 0.25) is 0 Å². The van der Waals surface area contributed by atoms with Gasteiger partial charge >= 0.3 is 0 Å². The summed E-state index contributed by atoms with van der Waals surface area (Å²) in [5.41, 5.74) is 3.63. The minimum atomic E-state index is 0.139. The van der Waals surface area contributed by atoms with Gasteiger partial charge < -0.3 is 0 Å². The molecule has 1 aliphatic carbocycles. The standard InChI is InChI=1S/C21H21N3O/c25-21-19(9-17-3-1-7-22-11-17)14-24(13-16-5-6-16)15-20(21)10-18-4-2-8-23-12-18/h1-4,7-12,16H,5-6,13-15H2/b19-9-,20-10+. The molecule has 1 aliphatic heterocycles. The average molecular weight is 331 g/mol. The number of aromatic nitrogens is 2. The fourth-order valence-electron chi connectivity index (χ4n) is 3.23. The van der Waals surface area contributed by atoms with Gasteiger partial charge in [0.05, 0.1) is 0 Å². The molecule has 4 rings (SSSR count). The Hall–Kier alpha value is -2.59. The Balaban J connectivity index is 1.64. The minimum Gasteiger partial charge on any atom is -0.294 e. The molecule has 2 aromatic heterocycles. The van der Waals surface area contributed by atoms with Gasteiger partial charge in [-0.1, -0.05) is 12.1 Å². The number of ketones is 1. The highest BCUT2D eigenvalue weighted by atomic mass is 16.1. The van der Waals surface area contributed by atoms with Crippen LogP contribution < -0.4 is 0 Å². The molecule has 0 unspecified atom stereocenters. The molecule has 0 spiro atoms. The quantitative estimate of drug-likeness (QED) is 0.807. The predicted octanol–water partition coefficient (Wildman–Crippen LogP) is 3.24. The number of hydrogen-bond donors (Lipinski definition) is 0. The van der Waals surface area contributed by atoms with Gasteiger partial charge in [-0.15, -0.1) is 0 Å². The number of piperidine rings is 1. The maximum Gasteiger partial charge on any atom is 0.187 e. The van der Waals surface area contributed by atoms with Crippen molar-refractivity contribution < 1.29 is 4.79 Å². The van der Waals surface area contributed by atoms with Crippen molar-refractivity contribution in [3.8, 4) is 0 Å². The van der Waals surface area contributed by atoms with Crippen molar-refractivity contribution >= 4 is 17.9 Å². The molecule has 2 fully saturated rings. The SMILES string of the molecule is O=C1/C(=C\c2cccnc2)CN(CC2CC2)C/C1=C\c1cccnc1. The lowest BCUT2D eigenvalue weighted by Gasteiger charge is -2.29. The van der Waals surface area contributed by atoms with E-state index in [9.17, 15) is 4.79 Å². The highest BCUT2D eigenvalue weighted by Gasteiger charge is 2.30. The van der Waals surface area contributed by atoms with E-state index < -0.39 is 0 Å². The van der Waals surface area contributed by atoms with Gasteiger partial charge in [-0.05, 0) is 54.2 Å². The maximum atomic E-state index is 13.0. The fourth-order valence-corrected chi connectivity index (χ4v) is 3.23. The van der Waals surface area contributed by atoms with Gasteiger partial charge in [0.25, 0.3) is 0 Å². The Morgan fingerprint density at radius 2 is 1.52 bits per heavy atom. The van der Waals surface area contributed by atoms with Gasteiger partial charge in [0.1, 0.15) is 0 Å². The third-order valence-corrected chi connectivity index (χ3v) is 4.64. The van der Waals surface area contributed by atoms with Crippen LogP contribution in [0.1, 0.15) is 24.0 Å². The summed E-state index contributed by atoms with van der Waals surface area (Å²) in [6.07, 6.45) is 13.7. The Kier molecular flexibility index (Phi) is 4.53. The van der Waals surface area contributed by atoms with Crippen molar-refractivity contribution in [2.45, 2.75) is 12.8 Å². The first-order valence-electron chi connectivity index (χ1n) is 8.76. The molecule has 1 saturated carbocycles. The second kappa shape index (κ2) is 7.11. The van der Waals surface area contributed by atoms with Crippen LogP contribution >= 0.6 is 0 Å². The van der Waals surface area contributed by atoms with E-state index in [0.29, 0.717) is 13.1 Å². The summed E-state index contributed by atoms with van der Waals surface area (Å²) in [5, 5.41) is 0. The number of carbonyl (C=O) groups is 1. The number of nitrogens with zero attached hydrogens (tertiary/aromatic N) is 3. The van der Waals surface area contributed by atoms with Gasteiger partial charge in [0.15, 0.2) is 5.78 Å². The highest BCUT2D eigenvalue weighted by Crippen LogP contribution is 2.32. The number of pyridine rings is 2. The van der Waals surface area contributed by atoms with Crippen LogP contribution in [0.25, 0.3) is 12.2 Å². The Morgan fingerprint density at radius 3 is 1.96 bits per heavy atom. The Labute approximate surface area is 147 Å². The first-order chi connectivity index (χ1) is 12.3. The zero-order chi connectivity index (χ0) is 17.1. The van der Waals surface area contributed by atoms with E-state index >= 15 is 0 Å². The van der Waals surface area contributed by atoms with E-state index in [4.69, 9.17) is 0 Å². The second-order valence-electron chi connectivity index (χ2n) is 6.85. The largest absolute Gasteiger partial charge is 0.294 e. The van der Waals surface area contributed by atoms with Crippen LogP contribution in [0.3, 0.4) is 0 Å². The molecule has 0 aromatic carbocycles. The summed E-state index contributed by atoms with van der Waals surface area (Å²) in [4.78, 5) is 23.7. The molecule has 3 heterocycles. The van der Waals surface area contributed by atoms with Crippen LogP contribution in [-0.4, -0.2) is 40.3 Å². The molecule has 0 amide bonds. The van der Waals surface area contributed by atoms with Crippen molar-refractivity contribution in [3.05, 3.63) is 71.3 Å². The Bertz CT molecular complexity index is 746. The number of Topliss-reactive ketones (excluding diaryl/α,β-unsaturated/α-hetero) is 1. The van der Waals surface area contributed by atoms with Gasteiger partial charge in [-0.2, -0.15) is 0 Å². The topological polar surface area (TPSA) is 46.1 Å². The lowest BCUT2D eigenvalue weighted by atomic mass is 9.94. The molecule has 2 aromatic rings. The number of carbonyl (C=O) groups excluding carboxylic acids is 1. The van der Waals surface area contributed by atoms with Crippen LogP contribution in [0.15, 0.2) is 60.2 Å². The first kappa shape index (κ1) is 15.9. The van der Waals surface area contributed by atoms with Crippen molar-refractivity contribution in [3.63, 3.8) is 0 Å². The van der Waals surface area contributed by atoms with E-state index in [2.05, 4.69) is 14.9 Å². The van der Waals surface area contributed by atoms with Gasteiger partial charge in [0.2, 0.25) is 0 Å². The molecule has 0 radical (unpaired) electrons. The molecule has 126 valence electrons. The average Bonchev–Trinajstić information content (AvgIpc) is 3.45. The van der Waals surface area contributed by atoms with Crippen molar-refractivity contribution in [1.29, 1.82) is 0 Å². The second-order valence-corrected chi connectivity index (χ2v) is 6.85. The molecule has 0 atom stereocenters. The summed E-state index contributed by atoms with van der Waals surface area (Å²) in [6, 6.07) is 7.76. The molecular weight excluding hydrogens is 310 g/mol. The lowest BCUT2D eigenvalue weighted by Crippen LogP contribution is -2.38. The summed E-state index contributed by atoms with van der Waals surface area (Å²) < 4.78 is 0. The monoisotopic (exact) mass is 331 g/mol. The molecule has 4 nitrogen and oxygen atoms in total. The number of hydrogen-bond acceptors (Lipinski definition) is 4. The molecule has 4 heteroatoms. The summed E-state index contributed by atoms with van der Waals surface area (Å²) in [6.45, 7) is 2.51. The van der Waals surface area contributed by atoms with Gasteiger partial charge in [-0.3, -0.25) is 19.7 Å². The third kappa shape index (κ3) is 4.09. The number of likely N-dealkylation sites (tertiary alicyclic amines) is 1. The molecule has 2 aliphatic rings. The van der Waals surface area contributed by atoms with Crippen LogP contribution in [0.5, 0.6) is 0 Å². The highest BCUT2D eigenvalue weighted by molar-refractivity contribution is 6.14. The van der Waals surface area contributed by atoms with Crippen LogP contribution in [0, 0.1) is 5.92 Å². The fraction of sp³-hybridized carbons (Fsp3) is 0.286. The number of rotatable bonds is 4. The Morgan fingerprint density at radius 1 is 0.960 bits per heavy atom. The predicted molar refractivity (Wildman–Crippen MR) is 98.6 cm³/mol.